The predicted octanol–water partition coefficient (Wildman–Crippen LogP) is 10.2. The van der Waals surface area contributed by atoms with Crippen LogP contribution < -0.4 is 20.1 Å². The van der Waals surface area contributed by atoms with Gasteiger partial charge in [0.1, 0.15) is 24.7 Å². The number of fused-ring (bicyclic) bond motifs is 4. The Morgan fingerprint density at radius 3 is 1.33 bits per heavy atom. The number of pyridine rings is 2. The lowest BCUT2D eigenvalue weighted by atomic mass is 10.0. The van der Waals surface area contributed by atoms with E-state index in [1.165, 1.54) is 0 Å². The highest BCUT2D eigenvalue weighted by molar-refractivity contribution is 6.12. The zero-order valence-electron chi connectivity index (χ0n) is 29.9. The molecule has 0 aliphatic carbocycles. The van der Waals surface area contributed by atoms with Crippen molar-refractivity contribution in [3.8, 4) is 11.5 Å². The highest BCUT2D eigenvalue weighted by Gasteiger charge is 2.19. The lowest BCUT2D eigenvalue weighted by Gasteiger charge is -2.17. The first kappa shape index (κ1) is 34.0. The molecule has 0 radical (unpaired) electrons. The van der Waals surface area contributed by atoms with E-state index in [-0.39, 0.29) is 25.0 Å². The molecule has 2 aromatic heterocycles. The fourth-order valence-electron chi connectivity index (χ4n) is 6.50. The van der Waals surface area contributed by atoms with Crippen LogP contribution in [0.4, 0.5) is 11.4 Å². The van der Waals surface area contributed by atoms with Crippen LogP contribution in [0.1, 0.15) is 32.1 Å². The molecule has 0 bridgehead atoms. The van der Waals surface area contributed by atoms with E-state index in [2.05, 4.69) is 27.2 Å². The number of rotatable bonds is 10. The molecule has 0 aliphatic rings. The smallest absolute Gasteiger partial charge is 0.259 e. The summed E-state index contributed by atoms with van der Waals surface area (Å²) in [6, 6.07) is 42.3. The van der Waals surface area contributed by atoms with Crippen molar-refractivity contribution >= 4 is 66.5 Å². The Kier molecular flexibility index (Phi) is 9.15. The first-order chi connectivity index (χ1) is 26.3. The summed E-state index contributed by atoms with van der Waals surface area (Å²) < 4.78 is 12.6. The first-order valence-corrected chi connectivity index (χ1v) is 17.6. The van der Waals surface area contributed by atoms with Gasteiger partial charge in [-0.1, -0.05) is 91.5 Å². The second-order valence-electron chi connectivity index (χ2n) is 13.3. The Labute approximate surface area is 312 Å². The molecule has 2 amide bonds. The standard InChI is InChI=1S/C46H36N4O4/c1-28(26-53-41-24-35-12-6-4-10-33(35)22-37(41)45(51)49-39-16-8-14-31-20-18-29(2)47-43(31)39)27-54-42-25-36-13-7-5-11-34(36)23-38(42)46(52)50-40-17-9-15-32-21-19-30(3)48-44(32)40/h4-25H,1,26-27H2,2-3H3,(H,49,51)(H,50,52). The number of carbonyl (C=O) groups excluding carboxylic acids is 2. The molecule has 8 nitrogen and oxygen atoms in total. The van der Waals surface area contributed by atoms with E-state index >= 15 is 0 Å². The molecule has 54 heavy (non-hydrogen) atoms. The summed E-state index contributed by atoms with van der Waals surface area (Å²) in [5.41, 5.74) is 5.71. The van der Waals surface area contributed by atoms with E-state index < -0.39 is 0 Å². The van der Waals surface area contributed by atoms with Gasteiger partial charge in [0.2, 0.25) is 0 Å². The minimum Gasteiger partial charge on any atom is -0.488 e. The Balaban J connectivity index is 1.02. The Morgan fingerprint density at radius 1 is 0.519 bits per heavy atom. The van der Waals surface area contributed by atoms with Crippen LogP contribution in [0.25, 0.3) is 43.4 Å². The zero-order chi connectivity index (χ0) is 37.2. The SMILES string of the molecule is C=C(COc1cc2ccccc2cc1C(=O)Nc1cccc2ccc(C)nc12)COc1cc2ccccc2cc1C(=O)Nc1cccc2ccc(C)nc12. The van der Waals surface area contributed by atoms with Gasteiger partial charge in [-0.25, -0.2) is 0 Å². The van der Waals surface area contributed by atoms with E-state index in [4.69, 9.17) is 9.47 Å². The first-order valence-electron chi connectivity index (χ1n) is 17.6. The molecule has 8 rings (SSSR count). The van der Waals surface area contributed by atoms with E-state index in [9.17, 15) is 9.59 Å². The van der Waals surface area contributed by atoms with Crippen LogP contribution in [-0.2, 0) is 0 Å². The number of benzene rings is 6. The maximum absolute atomic E-state index is 13.9. The molecule has 0 aliphatic heterocycles. The van der Waals surface area contributed by atoms with Crippen molar-refractivity contribution in [2.45, 2.75) is 13.8 Å². The number of carbonyl (C=O) groups is 2. The van der Waals surface area contributed by atoms with Gasteiger partial charge in [-0.05, 0) is 89.5 Å². The summed E-state index contributed by atoms with van der Waals surface area (Å²) in [4.78, 5) is 37.1. The minimum absolute atomic E-state index is 0.0732. The normalized spacial score (nSPS) is 11.1. The molecule has 2 heterocycles. The summed E-state index contributed by atoms with van der Waals surface area (Å²) in [7, 11) is 0. The summed E-state index contributed by atoms with van der Waals surface area (Å²) in [6.45, 7) is 8.20. The van der Waals surface area contributed by atoms with Gasteiger partial charge in [-0.15, -0.1) is 0 Å². The molecule has 0 saturated carbocycles. The fourth-order valence-corrected chi connectivity index (χ4v) is 6.50. The topological polar surface area (TPSA) is 102 Å². The van der Waals surface area contributed by atoms with Crippen LogP contribution in [0.15, 0.2) is 146 Å². The predicted molar refractivity (Wildman–Crippen MR) is 217 cm³/mol. The highest BCUT2D eigenvalue weighted by atomic mass is 16.5. The van der Waals surface area contributed by atoms with Gasteiger partial charge in [-0.2, -0.15) is 0 Å². The average Bonchev–Trinajstić information content (AvgIpc) is 3.19. The van der Waals surface area contributed by atoms with Gasteiger partial charge >= 0.3 is 0 Å². The second-order valence-corrected chi connectivity index (χ2v) is 13.3. The number of nitrogens with one attached hydrogen (secondary N) is 2. The Hall–Kier alpha value is -7.06. The third-order valence-electron chi connectivity index (χ3n) is 9.26. The van der Waals surface area contributed by atoms with Crippen molar-refractivity contribution in [2.75, 3.05) is 23.8 Å². The number of aromatic nitrogens is 2. The largest absolute Gasteiger partial charge is 0.488 e. The Bertz CT molecular complexity index is 2590. The number of para-hydroxylation sites is 2. The van der Waals surface area contributed by atoms with Crippen molar-refractivity contribution < 1.29 is 19.1 Å². The quantitative estimate of drug-likeness (QED) is 0.137. The lowest BCUT2D eigenvalue weighted by Crippen LogP contribution is -2.17. The molecule has 0 fully saturated rings. The number of aryl methyl sites for hydroxylation is 2. The zero-order valence-corrected chi connectivity index (χ0v) is 29.9. The minimum atomic E-state index is -0.322. The maximum atomic E-state index is 13.9. The molecule has 0 atom stereocenters. The van der Waals surface area contributed by atoms with E-state index in [0.29, 0.717) is 50.6 Å². The molecule has 6 aromatic carbocycles. The third kappa shape index (κ3) is 7.05. The highest BCUT2D eigenvalue weighted by Crippen LogP contribution is 2.31. The van der Waals surface area contributed by atoms with Crippen molar-refractivity contribution in [3.63, 3.8) is 0 Å². The van der Waals surface area contributed by atoms with Gasteiger partial charge in [-0.3, -0.25) is 19.6 Å². The lowest BCUT2D eigenvalue weighted by molar-refractivity contribution is 0.101. The van der Waals surface area contributed by atoms with Gasteiger partial charge in [0.05, 0.1) is 33.5 Å². The number of nitrogens with zero attached hydrogens (tertiary/aromatic N) is 2. The van der Waals surface area contributed by atoms with Gasteiger partial charge in [0.15, 0.2) is 0 Å². The van der Waals surface area contributed by atoms with Crippen LogP contribution >= 0.6 is 0 Å². The number of ether oxygens (including phenoxy) is 2. The molecule has 0 spiro atoms. The van der Waals surface area contributed by atoms with E-state index in [1.807, 2.05) is 147 Å². The van der Waals surface area contributed by atoms with Crippen molar-refractivity contribution in [1.82, 2.24) is 9.97 Å². The Morgan fingerprint density at radius 2 is 0.907 bits per heavy atom. The molecular formula is C46H36N4O4. The molecule has 8 aromatic rings. The van der Waals surface area contributed by atoms with Crippen molar-refractivity contribution in [1.29, 1.82) is 0 Å². The maximum Gasteiger partial charge on any atom is 0.259 e. The number of hydrogen-bond acceptors (Lipinski definition) is 6. The number of hydrogen-bond donors (Lipinski definition) is 2. The molecule has 2 N–H and O–H groups in total. The molecule has 8 heteroatoms. The third-order valence-corrected chi connectivity index (χ3v) is 9.26. The van der Waals surface area contributed by atoms with E-state index in [1.54, 1.807) is 0 Å². The summed E-state index contributed by atoms with van der Waals surface area (Å²) >= 11 is 0. The molecule has 0 saturated heterocycles. The summed E-state index contributed by atoms with van der Waals surface area (Å²) in [6.07, 6.45) is 0. The average molecular weight is 709 g/mol. The van der Waals surface area contributed by atoms with Crippen LogP contribution in [0.3, 0.4) is 0 Å². The number of amides is 2. The summed E-state index contributed by atoms with van der Waals surface area (Å²) in [5.74, 6) is 0.163. The number of anilines is 2. The van der Waals surface area contributed by atoms with Crippen LogP contribution in [-0.4, -0.2) is 35.0 Å². The van der Waals surface area contributed by atoms with Gasteiger partial charge < -0.3 is 20.1 Å². The van der Waals surface area contributed by atoms with Crippen molar-refractivity contribution in [2.24, 2.45) is 0 Å². The van der Waals surface area contributed by atoms with Gasteiger partial charge in [0, 0.05) is 22.2 Å². The van der Waals surface area contributed by atoms with Crippen LogP contribution in [0.2, 0.25) is 0 Å². The van der Waals surface area contributed by atoms with Crippen LogP contribution in [0.5, 0.6) is 11.5 Å². The fraction of sp³-hybridized carbons (Fsp3) is 0.0870. The monoisotopic (exact) mass is 708 g/mol. The van der Waals surface area contributed by atoms with Crippen molar-refractivity contribution in [3.05, 3.63) is 168 Å². The molecule has 264 valence electrons. The van der Waals surface area contributed by atoms with Crippen LogP contribution in [0, 0.1) is 13.8 Å². The summed E-state index contributed by atoms with van der Waals surface area (Å²) in [5, 5.41) is 11.6. The van der Waals surface area contributed by atoms with Gasteiger partial charge in [0.25, 0.3) is 11.8 Å². The van der Waals surface area contributed by atoms with E-state index in [0.717, 1.165) is 43.7 Å². The molecular weight excluding hydrogens is 673 g/mol. The second kappa shape index (κ2) is 14.5. The molecule has 0 unspecified atom stereocenters.